The predicted octanol–water partition coefficient (Wildman–Crippen LogP) is 3.64. The summed E-state index contributed by atoms with van der Waals surface area (Å²) in [6.45, 7) is 2.08. The summed E-state index contributed by atoms with van der Waals surface area (Å²) in [6, 6.07) is 9.97. The van der Waals surface area contributed by atoms with E-state index in [2.05, 4.69) is 12.1 Å². The van der Waals surface area contributed by atoms with Crippen molar-refractivity contribution in [3.63, 3.8) is 0 Å². The first-order valence-electron chi connectivity index (χ1n) is 4.95. The van der Waals surface area contributed by atoms with Gasteiger partial charge < -0.3 is 4.52 Å². The fourth-order valence-electron chi connectivity index (χ4n) is 1.63. The van der Waals surface area contributed by atoms with Crippen LogP contribution in [-0.2, 0) is 12.3 Å². The van der Waals surface area contributed by atoms with E-state index in [1.165, 1.54) is 0 Å². The van der Waals surface area contributed by atoms with Gasteiger partial charge in [-0.1, -0.05) is 42.4 Å². The lowest BCUT2D eigenvalue weighted by molar-refractivity contribution is 0.426. The second kappa shape index (κ2) is 4.49. The van der Waals surface area contributed by atoms with Crippen molar-refractivity contribution < 1.29 is 4.52 Å². The number of aromatic nitrogens is 1. The Morgan fingerprint density at radius 2 is 2.00 bits per heavy atom. The van der Waals surface area contributed by atoms with Gasteiger partial charge in [-0.25, -0.2) is 0 Å². The predicted molar refractivity (Wildman–Crippen MR) is 60.9 cm³/mol. The van der Waals surface area contributed by atoms with Gasteiger partial charge in [-0.3, -0.25) is 0 Å². The number of hydrogen-bond donors (Lipinski definition) is 0. The number of halogens is 1. The highest BCUT2D eigenvalue weighted by atomic mass is 35.5. The van der Waals surface area contributed by atoms with Crippen LogP contribution in [0, 0.1) is 0 Å². The molecule has 0 N–H and O–H groups in total. The van der Waals surface area contributed by atoms with Crippen molar-refractivity contribution >= 4 is 11.6 Å². The summed E-state index contributed by atoms with van der Waals surface area (Å²) in [4.78, 5) is 0. The first-order chi connectivity index (χ1) is 7.36. The minimum Gasteiger partial charge on any atom is -0.356 e. The Bertz CT molecular complexity index is 436. The third kappa shape index (κ3) is 1.90. The summed E-state index contributed by atoms with van der Waals surface area (Å²) >= 11 is 5.79. The first kappa shape index (κ1) is 10.2. The van der Waals surface area contributed by atoms with Crippen molar-refractivity contribution in [3.05, 3.63) is 41.6 Å². The molecule has 1 aromatic heterocycles. The zero-order valence-corrected chi connectivity index (χ0v) is 9.29. The van der Waals surface area contributed by atoms with Gasteiger partial charge in [0.25, 0.3) is 0 Å². The monoisotopic (exact) mass is 221 g/mol. The molecule has 0 aliphatic heterocycles. The highest BCUT2D eigenvalue weighted by molar-refractivity contribution is 6.17. The summed E-state index contributed by atoms with van der Waals surface area (Å²) in [6.07, 6.45) is 0.885. The molecule has 3 heteroatoms. The highest BCUT2D eigenvalue weighted by Crippen LogP contribution is 2.27. The second-order valence-corrected chi connectivity index (χ2v) is 3.56. The summed E-state index contributed by atoms with van der Waals surface area (Å²) < 4.78 is 5.33. The van der Waals surface area contributed by atoms with Crippen molar-refractivity contribution in [2.24, 2.45) is 0 Å². The first-order valence-corrected chi connectivity index (χ1v) is 5.49. The van der Waals surface area contributed by atoms with Crippen LogP contribution in [0.15, 0.2) is 34.9 Å². The van der Waals surface area contributed by atoms with E-state index in [0.717, 1.165) is 29.0 Å². The molecule has 0 amide bonds. The van der Waals surface area contributed by atoms with Crippen molar-refractivity contribution in [1.29, 1.82) is 0 Å². The standard InChI is InChI=1S/C12H12ClNO/c1-2-10-11(8-13)14-15-12(10)9-6-4-3-5-7-9/h3-7H,2,8H2,1H3. The van der Waals surface area contributed by atoms with Crippen LogP contribution >= 0.6 is 11.6 Å². The maximum absolute atomic E-state index is 5.79. The molecule has 0 saturated carbocycles. The lowest BCUT2D eigenvalue weighted by Gasteiger charge is -1.98. The van der Waals surface area contributed by atoms with Gasteiger partial charge in [0.2, 0.25) is 0 Å². The third-order valence-electron chi connectivity index (χ3n) is 2.39. The molecule has 1 aromatic carbocycles. The molecule has 0 spiro atoms. The van der Waals surface area contributed by atoms with E-state index in [1.54, 1.807) is 0 Å². The Balaban J connectivity index is 2.49. The fourth-order valence-corrected chi connectivity index (χ4v) is 1.84. The van der Waals surface area contributed by atoms with Gasteiger partial charge in [-0.05, 0) is 6.42 Å². The van der Waals surface area contributed by atoms with Crippen LogP contribution in [0.1, 0.15) is 18.2 Å². The molecule has 2 aromatic rings. The third-order valence-corrected chi connectivity index (χ3v) is 2.64. The largest absolute Gasteiger partial charge is 0.356 e. The van der Waals surface area contributed by atoms with Gasteiger partial charge in [-0.15, -0.1) is 11.6 Å². The molecular formula is C12H12ClNO. The Morgan fingerprint density at radius 3 is 2.60 bits per heavy atom. The minimum absolute atomic E-state index is 0.402. The van der Waals surface area contributed by atoms with Crippen molar-refractivity contribution in [3.8, 4) is 11.3 Å². The fraction of sp³-hybridized carbons (Fsp3) is 0.250. The molecule has 0 unspecified atom stereocenters. The number of nitrogens with zero attached hydrogens (tertiary/aromatic N) is 1. The molecule has 0 aliphatic carbocycles. The van der Waals surface area contributed by atoms with E-state index in [-0.39, 0.29) is 0 Å². The Morgan fingerprint density at radius 1 is 1.27 bits per heavy atom. The van der Waals surface area contributed by atoms with Gasteiger partial charge in [0.05, 0.1) is 5.88 Å². The molecule has 15 heavy (non-hydrogen) atoms. The van der Waals surface area contributed by atoms with Crippen LogP contribution in [0.25, 0.3) is 11.3 Å². The lowest BCUT2D eigenvalue weighted by atomic mass is 10.1. The molecular weight excluding hydrogens is 210 g/mol. The van der Waals surface area contributed by atoms with Gasteiger partial charge in [0, 0.05) is 11.1 Å². The minimum atomic E-state index is 0.402. The van der Waals surface area contributed by atoms with E-state index in [0.29, 0.717) is 5.88 Å². The van der Waals surface area contributed by atoms with Crippen LogP contribution in [0.5, 0.6) is 0 Å². The number of rotatable bonds is 3. The molecule has 0 fully saturated rings. The molecule has 2 nitrogen and oxygen atoms in total. The number of benzene rings is 1. The zero-order chi connectivity index (χ0) is 10.7. The molecule has 1 heterocycles. The second-order valence-electron chi connectivity index (χ2n) is 3.29. The maximum atomic E-state index is 5.79. The maximum Gasteiger partial charge on any atom is 0.170 e. The summed E-state index contributed by atoms with van der Waals surface area (Å²) in [5.41, 5.74) is 3.01. The van der Waals surface area contributed by atoms with Gasteiger partial charge in [0.15, 0.2) is 5.76 Å². The molecule has 78 valence electrons. The van der Waals surface area contributed by atoms with Crippen LogP contribution < -0.4 is 0 Å². The van der Waals surface area contributed by atoms with Crippen LogP contribution in [0.4, 0.5) is 0 Å². The van der Waals surface area contributed by atoms with Crippen LogP contribution in [-0.4, -0.2) is 5.16 Å². The molecule has 0 aliphatic rings. The average molecular weight is 222 g/mol. The smallest absolute Gasteiger partial charge is 0.170 e. The van der Waals surface area contributed by atoms with E-state index in [9.17, 15) is 0 Å². The van der Waals surface area contributed by atoms with E-state index >= 15 is 0 Å². The molecule has 2 rings (SSSR count). The number of hydrogen-bond acceptors (Lipinski definition) is 2. The SMILES string of the molecule is CCc1c(CCl)noc1-c1ccccc1. The summed E-state index contributed by atoms with van der Waals surface area (Å²) in [5, 5.41) is 3.97. The molecule has 0 saturated heterocycles. The Hall–Kier alpha value is -1.28. The van der Waals surface area contributed by atoms with Crippen molar-refractivity contribution in [2.75, 3.05) is 0 Å². The van der Waals surface area contributed by atoms with E-state index in [1.807, 2.05) is 30.3 Å². The molecule has 0 bridgehead atoms. The molecule has 0 atom stereocenters. The van der Waals surface area contributed by atoms with Crippen LogP contribution in [0.3, 0.4) is 0 Å². The van der Waals surface area contributed by atoms with E-state index < -0.39 is 0 Å². The van der Waals surface area contributed by atoms with Gasteiger partial charge in [0.1, 0.15) is 5.69 Å². The quantitative estimate of drug-likeness (QED) is 0.740. The van der Waals surface area contributed by atoms with Gasteiger partial charge >= 0.3 is 0 Å². The summed E-state index contributed by atoms with van der Waals surface area (Å²) in [5.74, 6) is 1.24. The van der Waals surface area contributed by atoms with Gasteiger partial charge in [-0.2, -0.15) is 0 Å². The highest BCUT2D eigenvalue weighted by Gasteiger charge is 2.14. The van der Waals surface area contributed by atoms with Crippen molar-refractivity contribution in [2.45, 2.75) is 19.2 Å². The average Bonchev–Trinajstić information content (AvgIpc) is 2.72. The van der Waals surface area contributed by atoms with Crippen LogP contribution in [0.2, 0.25) is 0 Å². The number of alkyl halides is 1. The van der Waals surface area contributed by atoms with E-state index in [4.69, 9.17) is 16.1 Å². The lowest BCUT2D eigenvalue weighted by Crippen LogP contribution is -1.87. The topological polar surface area (TPSA) is 26.0 Å². The summed E-state index contributed by atoms with van der Waals surface area (Å²) in [7, 11) is 0. The zero-order valence-electron chi connectivity index (χ0n) is 8.53. The molecule has 0 radical (unpaired) electrons. The van der Waals surface area contributed by atoms with Crippen molar-refractivity contribution in [1.82, 2.24) is 5.16 Å². The normalized spacial score (nSPS) is 10.5. The Kier molecular flexibility index (Phi) is 3.07. The Labute approximate surface area is 93.9 Å².